The molecule has 22 heavy (non-hydrogen) atoms. The van der Waals surface area contributed by atoms with E-state index in [2.05, 4.69) is 5.32 Å². The number of nitrogens with zero attached hydrogens (tertiary/aromatic N) is 1. The molecule has 3 rings (SSSR count). The minimum atomic E-state index is -0.901. The van der Waals surface area contributed by atoms with Crippen LogP contribution < -0.4 is 5.32 Å². The van der Waals surface area contributed by atoms with E-state index in [1.165, 1.54) is 4.90 Å². The molecule has 2 N–H and O–H groups in total. The molecule has 2 amide bonds. The molecule has 5 nitrogen and oxygen atoms in total. The first-order valence-corrected chi connectivity index (χ1v) is 7.66. The normalized spacial score (nSPS) is 27.7. The molecule has 1 aromatic rings. The first-order valence-electron chi connectivity index (χ1n) is 7.66. The predicted octanol–water partition coefficient (Wildman–Crippen LogP) is 3.07. The summed E-state index contributed by atoms with van der Waals surface area (Å²) in [5.41, 5.74) is 1.06. The number of hydrogen-bond donors (Lipinski definition) is 2. The lowest BCUT2D eigenvalue weighted by molar-refractivity contribution is -0.124. The van der Waals surface area contributed by atoms with Crippen LogP contribution in [0.25, 0.3) is 0 Å². The highest BCUT2D eigenvalue weighted by atomic mass is 16.4. The maximum Gasteiger partial charge on any atom is 0.407 e. The van der Waals surface area contributed by atoms with Gasteiger partial charge in [-0.1, -0.05) is 39.0 Å². The second-order valence-electron chi connectivity index (χ2n) is 7.39. The molecule has 0 radical (unpaired) electrons. The van der Waals surface area contributed by atoms with Gasteiger partial charge in [0.15, 0.2) is 0 Å². The number of para-hydroxylation sites is 1. The predicted molar refractivity (Wildman–Crippen MR) is 84.0 cm³/mol. The lowest BCUT2D eigenvalue weighted by Gasteiger charge is -2.48. The van der Waals surface area contributed by atoms with Crippen molar-refractivity contribution in [2.45, 2.75) is 45.1 Å². The molecule has 2 aliphatic rings. The van der Waals surface area contributed by atoms with E-state index in [1.807, 2.05) is 45.0 Å². The molecule has 118 valence electrons. The van der Waals surface area contributed by atoms with Gasteiger partial charge in [0.25, 0.3) is 0 Å². The van der Waals surface area contributed by atoms with Crippen molar-refractivity contribution >= 4 is 17.7 Å². The molecule has 2 heterocycles. The largest absolute Gasteiger partial charge is 0.465 e. The van der Waals surface area contributed by atoms with E-state index in [9.17, 15) is 14.7 Å². The van der Waals surface area contributed by atoms with Gasteiger partial charge in [-0.25, -0.2) is 4.79 Å². The molecule has 1 saturated heterocycles. The number of piperidine rings is 1. The topological polar surface area (TPSA) is 69.6 Å². The van der Waals surface area contributed by atoms with Crippen molar-refractivity contribution < 1.29 is 14.7 Å². The molecule has 2 unspecified atom stereocenters. The summed E-state index contributed by atoms with van der Waals surface area (Å²) in [5.74, 6) is 0.00740. The lowest BCUT2D eigenvalue weighted by Crippen LogP contribution is -2.57. The van der Waals surface area contributed by atoms with Gasteiger partial charge in [-0.15, -0.1) is 0 Å². The molecule has 2 atom stereocenters. The van der Waals surface area contributed by atoms with E-state index in [4.69, 9.17) is 0 Å². The van der Waals surface area contributed by atoms with Gasteiger partial charge in [-0.2, -0.15) is 0 Å². The summed E-state index contributed by atoms with van der Waals surface area (Å²) in [6, 6.07) is 7.57. The maximum absolute atomic E-state index is 12.7. The number of carbonyl (C=O) groups is 2. The van der Waals surface area contributed by atoms with E-state index in [0.29, 0.717) is 19.4 Å². The molecule has 1 fully saturated rings. The van der Waals surface area contributed by atoms with Crippen LogP contribution in [0.15, 0.2) is 24.3 Å². The monoisotopic (exact) mass is 302 g/mol. The smallest absolute Gasteiger partial charge is 0.407 e. The van der Waals surface area contributed by atoms with Crippen LogP contribution in [0.1, 0.15) is 39.2 Å². The molecule has 0 bridgehead atoms. The van der Waals surface area contributed by atoms with Gasteiger partial charge in [-0.05, 0) is 29.9 Å². The number of benzene rings is 1. The number of rotatable bonds is 0. The Hall–Kier alpha value is -2.04. The fourth-order valence-corrected chi connectivity index (χ4v) is 3.84. The summed E-state index contributed by atoms with van der Waals surface area (Å²) in [7, 11) is 0. The molecule has 2 aliphatic heterocycles. The third-order valence-electron chi connectivity index (χ3n) is 5.07. The van der Waals surface area contributed by atoms with Gasteiger partial charge in [0, 0.05) is 18.3 Å². The SMILES string of the molecule is CC(C)(C)C1CC2(CCN1C(=O)O)C(=O)Nc1ccccc12. The van der Waals surface area contributed by atoms with Crippen LogP contribution in [0, 0.1) is 5.41 Å². The summed E-state index contributed by atoms with van der Waals surface area (Å²) < 4.78 is 0. The molecule has 1 aromatic carbocycles. The average molecular weight is 302 g/mol. The van der Waals surface area contributed by atoms with Crippen LogP contribution in [0.3, 0.4) is 0 Å². The zero-order chi connectivity index (χ0) is 16.1. The van der Waals surface area contributed by atoms with E-state index < -0.39 is 11.5 Å². The fourth-order valence-electron chi connectivity index (χ4n) is 3.84. The van der Waals surface area contributed by atoms with E-state index in [-0.39, 0.29) is 17.4 Å². The number of carbonyl (C=O) groups excluding carboxylic acids is 1. The van der Waals surface area contributed by atoms with Crippen LogP contribution in [0.5, 0.6) is 0 Å². The lowest BCUT2D eigenvalue weighted by atomic mass is 9.66. The second kappa shape index (κ2) is 4.73. The first-order chi connectivity index (χ1) is 10.3. The van der Waals surface area contributed by atoms with Crippen LogP contribution in [0.2, 0.25) is 0 Å². The molecule has 0 aliphatic carbocycles. The van der Waals surface area contributed by atoms with E-state index in [0.717, 1.165) is 11.3 Å². The second-order valence-corrected chi connectivity index (χ2v) is 7.39. The van der Waals surface area contributed by atoms with Crippen LogP contribution in [0.4, 0.5) is 10.5 Å². The van der Waals surface area contributed by atoms with Crippen LogP contribution >= 0.6 is 0 Å². The van der Waals surface area contributed by atoms with Crippen molar-refractivity contribution in [2.24, 2.45) is 5.41 Å². The Morgan fingerprint density at radius 2 is 2.05 bits per heavy atom. The third kappa shape index (κ3) is 2.07. The number of likely N-dealkylation sites (tertiary alicyclic amines) is 1. The van der Waals surface area contributed by atoms with Gasteiger partial charge in [-0.3, -0.25) is 4.79 Å². The van der Waals surface area contributed by atoms with Gasteiger partial charge >= 0.3 is 6.09 Å². The van der Waals surface area contributed by atoms with Gasteiger partial charge in [0.1, 0.15) is 0 Å². The number of carboxylic acid groups (broad SMARTS) is 1. The van der Waals surface area contributed by atoms with Crippen molar-refractivity contribution in [3.05, 3.63) is 29.8 Å². The maximum atomic E-state index is 12.7. The molecule has 0 aromatic heterocycles. The highest BCUT2D eigenvalue weighted by Gasteiger charge is 2.53. The van der Waals surface area contributed by atoms with Gasteiger partial charge in [0.2, 0.25) is 5.91 Å². The minimum absolute atomic E-state index is 0.00740. The van der Waals surface area contributed by atoms with Crippen molar-refractivity contribution in [1.29, 1.82) is 0 Å². The molecule has 0 saturated carbocycles. The Bertz CT molecular complexity index is 635. The first kappa shape index (κ1) is 14.9. The minimum Gasteiger partial charge on any atom is -0.465 e. The Kier molecular flexibility index (Phi) is 3.20. The standard InChI is InChI=1S/C17H22N2O3/c1-16(2,3)13-10-17(8-9-19(13)15(21)22)11-6-4-5-7-12(11)18-14(17)20/h4-7,13H,8-10H2,1-3H3,(H,18,20)(H,21,22). The molecular formula is C17H22N2O3. The summed E-state index contributed by atoms with van der Waals surface area (Å²) in [6.45, 7) is 6.49. The Morgan fingerprint density at radius 3 is 2.68 bits per heavy atom. The zero-order valence-electron chi connectivity index (χ0n) is 13.2. The number of nitrogens with one attached hydrogen (secondary N) is 1. The average Bonchev–Trinajstić information content (AvgIpc) is 2.71. The summed E-state index contributed by atoms with van der Waals surface area (Å²) in [4.78, 5) is 25.7. The van der Waals surface area contributed by atoms with Crippen LogP contribution in [-0.2, 0) is 10.2 Å². The van der Waals surface area contributed by atoms with Crippen molar-refractivity contribution in [3.8, 4) is 0 Å². The van der Waals surface area contributed by atoms with Crippen molar-refractivity contribution in [1.82, 2.24) is 4.90 Å². The van der Waals surface area contributed by atoms with Crippen LogP contribution in [-0.4, -0.2) is 34.6 Å². The summed E-state index contributed by atoms with van der Waals surface area (Å²) >= 11 is 0. The fraction of sp³-hybridized carbons (Fsp3) is 0.529. The number of fused-ring (bicyclic) bond motifs is 2. The van der Waals surface area contributed by atoms with Gasteiger partial charge < -0.3 is 15.3 Å². The summed E-state index contributed by atoms with van der Waals surface area (Å²) in [5, 5.41) is 12.5. The van der Waals surface area contributed by atoms with Gasteiger partial charge in [0.05, 0.1) is 5.41 Å². The molecule has 5 heteroatoms. The zero-order valence-corrected chi connectivity index (χ0v) is 13.2. The highest BCUT2D eigenvalue weighted by molar-refractivity contribution is 6.06. The Labute approximate surface area is 130 Å². The van der Waals surface area contributed by atoms with E-state index >= 15 is 0 Å². The molecule has 1 spiro atoms. The highest BCUT2D eigenvalue weighted by Crippen LogP contribution is 2.49. The Morgan fingerprint density at radius 1 is 1.36 bits per heavy atom. The van der Waals surface area contributed by atoms with E-state index in [1.54, 1.807) is 0 Å². The van der Waals surface area contributed by atoms with Crippen molar-refractivity contribution in [3.63, 3.8) is 0 Å². The van der Waals surface area contributed by atoms with Crippen molar-refractivity contribution in [2.75, 3.05) is 11.9 Å². The Balaban J connectivity index is 2.04. The quantitative estimate of drug-likeness (QED) is 0.774. The molecular weight excluding hydrogens is 280 g/mol. The number of hydrogen-bond acceptors (Lipinski definition) is 2. The number of amides is 2. The summed E-state index contributed by atoms with van der Waals surface area (Å²) in [6.07, 6.45) is 0.168. The third-order valence-corrected chi connectivity index (χ3v) is 5.07. The number of anilines is 1.